The Kier molecular flexibility index (Phi) is 6.07. The van der Waals surface area contributed by atoms with Crippen LogP contribution in [0.2, 0.25) is 0 Å². The second-order valence-electron chi connectivity index (χ2n) is 7.09. The number of aromatic nitrogens is 2. The van der Waals surface area contributed by atoms with E-state index in [2.05, 4.69) is 32.2 Å². The number of phenolic OH excluding ortho intramolecular Hbond substituents is 1. The van der Waals surface area contributed by atoms with Crippen molar-refractivity contribution in [1.82, 2.24) is 10.2 Å². The number of nitriles is 1. The van der Waals surface area contributed by atoms with Gasteiger partial charge in [0, 0.05) is 5.56 Å². The topological polar surface area (TPSA) is 136 Å². The van der Waals surface area contributed by atoms with Crippen molar-refractivity contribution in [3.8, 4) is 46.2 Å². The Morgan fingerprint density at radius 2 is 2.03 bits per heavy atom. The molecule has 10 heteroatoms. The standard InChI is InChI=1S/C23H21BrN4O5/c1-4-32-17-8-11(7-15(24)21(17)29)18-14(10-25)22(26)33-23-19(18)20(27-28-23)13-9-12(30-2)5-6-16(13)31-3/h5-9,18,29H,4,26H2,1-3H3,(H,27,28)/t18-/m1/s1. The summed E-state index contributed by atoms with van der Waals surface area (Å²) >= 11 is 3.37. The van der Waals surface area contributed by atoms with Gasteiger partial charge in [0.15, 0.2) is 11.5 Å². The van der Waals surface area contributed by atoms with Crippen LogP contribution in [0.4, 0.5) is 0 Å². The summed E-state index contributed by atoms with van der Waals surface area (Å²) in [5.74, 6) is 0.957. The number of methoxy groups -OCH3 is 2. The number of rotatable bonds is 6. The highest BCUT2D eigenvalue weighted by molar-refractivity contribution is 9.10. The Labute approximate surface area is 198 Å². The normalized spacial score (nSPS) is 14.8. The van der Waals surface area contributed by atoms with Gasteiger partial charge in [0.1, 0.15) is 23.1 Å². The van der Waals surface area contributed by atoms with E-state index >= 15 is 0 Å². The lowest BCUT2D eigenvalue weighted by Crippen LogP contribution is -2.21. The van der Waals surface area contributed by atoms with Gasteiger partial charge in [-0.3, -0.25) is 5.10 Å². The highest BCUT2D eigenvalue weighted by atomic mass is 79.9. The van der Waals surface area contributed by atoms with Gasteiger partial charge in [-0.15, -0.1) is 5.10 Å². The molecule has 0 saturated carbocycles. The lowest BCUT2D eigenvalue weighted by molar-refractivity contribution is 0.316. The number of phenols is 1. The molecule has 1 atom stereocenters. The molecule has 1 aromatic heterocycles. The molecule has 9 nitrogen and oxygen atoms in total. The van der Waals surface area contributed by atoms with Crippen LogP contribution in [0.15, 0.2) is 46.3 Å². The van der Waals surface area contributed by atoms with Crippen molar-refractivity contribution < 1.29 is 24.1 Å². The van der Waals surface area contributed by atoms with Crippen LogP contribution >= 0.6 is 15.9 Å². The third-order valence-corrected chi connectivity index (χ3v) is 5.90. The summed E-state index contributed by atoms with van der Waals surface area (Å²) in [6.45, 7) is 2.16. The molecule has 2 heterocycles. The average molecular weight is 513 g/mol. The lowest BCUT2D eigenvalue weighted by Gasteiger charge is -2.25. The highest BCUT2D eigenvalue weighted by Crippen LogP contribution is 2.49. The first kappa shape index (κ1) is 22.4. The number of nitrogens with two attached hydrogens (primary N) is 1. The van der Waals surface area contributed by atoms with E-state index in [1.165, 1.54) is 0 Å². The van der Waals surface area contributed by atoms with Gasteiger partial charge in [0.05, 0.1) is 42.5 Å². The van der Waals surface area contributed by atoms with Gasteiger partial charge >= 0.3 is 0 Å². The fourth-order valence-corrected chi connectivity index (χ4v) is 4.28. The second kappa shape index (κ2) is 8.96. The van der Waals surface area contributed by atoms with E-state index in [1.54, 1.807) is 44.6 Å². The van der Waals surface area contributed by atoms with Gasteiger partial charge in [0.25, 0.3) is 0 Å². The molecule has 0 aliphatic carbocycles. The largest absolute Gasteiger partial charge is 0.503 e. The number of fused-ring (bicyclic) bond motifs is 1. The van der Waals surface area contributed by atoms with Gasteiger partial charge in [0.2, 0.25) is 11.8 Å². The molecule has 33 heavy (non-hydrogen) atoms. The molecule has 0 fully saturated rings. The SMILES string of the molecule is CCOc1cc([C@@H]2C(C#N)=C(N)Oc3n[nH]c(-c4cc(OC)ccc4OC)c32)cc(Br)c1O. The van der Waals surface area contributed by atoms with Crippen molar-refractivity contribution in [3.05, 3.63) is 57.4 Å². The van der Waals surface area contributed by atoms with Crippen LogP contribution in [0.1, 0.15) is 24.0 Å². The number of benzene rings is 2. The number of H-pyrrole nitrogens is 1. The van der Waals surface area contributed by atoms with Crippen LogP contribution < -0.4 is 24.7 Å². The highest BCUT2D eigenvalue weighted by Gasteiger charge is 2.37. The summed E-state index contributed by atoms with van der Waals surface area (Å²) in [5.41, 5.74) is 8.77. The van der Waals surface area contributed by atoms with Crippen LogP contribution in [0.5, 0.6) is 28.9 Å². The van der Waals surface area contributed by atoms with E-state index in [-0.39, 0.29) is 28.8 Å². The summed E-state index contributed by atoms with van der Waals surface area (Å²) in [7, 11) is 3.13. The molecule has 0 saturated heterocycles. The maximum atomic E-state index is 10.4. The zero-order valence-corrected chi connectivity index (χ0v) is 19.7. The summed E-state index contributed by atoms with van der Waals surface area (Å²) in [4.78, 5) is 0. The maximum Gasteiger partial charge on any atom is 0.244 e. The summed E-state index contributed by atoms with van der Waals surface area (Å²) < 4.78 is 22.6. The van der Waals surface area contributed by atoms with Crippen molar-refractivity contribution in [1.29, 1.82) is 5.26 Å². The van der Waals surface area contributed by atoms with E-state index < -0.39 is 5.92 Å². The molecule has 170 valence electrons. The van der Waals surface area contributed by atoms with Crippen LogP contribution in [0, 0.1) is 11.3 Å². The number of halogens is 1. The molecule has 4 N–H and O–H groups in total. The number of nitrogens with zero attached hydrogens (tertiary/aromatic N) is 2. The Morgan fingerprint density at radius 3 is 2.70 bits per heavy atom. The van der Waals surface area contributed by atoms with Crippen molar-refractivity contribution in [3.63, 3.8) is 0 Å². The number of ether oxygens (including phenoxy) is 4. The fraction of sp³-hybridized carbons (Fsp3) is 0.217. The first-order valence-corrected chi connectivity index (χ1v) is 10.8. The van der Waals surface area contributed by atoms with Gasteiger partial charge < -0.3 is 29.8 Å². The van der Waals surface area contributed by atoms with E-state index in [9.17, 15) is 10.4 Å². The van der Waals surface area contributed by atoms with E-state index in [0.29, 0.717) is 45.0 Å². The van der Waals surface area contributed by atoms with Gasteiger partial charge in [-0.05, 0) is 58.7 Å². The van der Waals surface area contributed by atoms with Crippen molar-refractivity contribution in [2.45, 2.75) is 12.8 Å². The Bertz CT molecular complexity index is 1290. The zero-order chi connectivity index (χ0) is 23.7. The van der Waals surface area contributed by atoms with E-state index in [0.717, 1.165) is 0 Å². The third kappa shape index (κ3) is 3.81. The molecule has 3 aromatic rings. The molecule has 2 aromatic carbocycles. The Balaban J connectivity index is 1.99. The molecule has 4 rings (SSSR count). The van der Waals surface area contributed by atoms with Gasteiger partial charge in [-0.25, -0.2) is 0 Å². The predicted octanol–water partition coefficient (Wildman–Crippen LogP) is 4.18. The number of aromatic hydroxyl groups is 1. The predicted molar refractivity (Wildman–Crippen MR) is 123 cm³/mol. The minimum atomic E-state index is -0.653. The second-order valence-corrected chi connectivity index (χ2v) is 7.95. The quantitative estimate of drug-likeness (QED) is 0.447. The summed E-state index contributed by atoms with van der Waals surface area (Å²) in [6.07, 6.45) is 0. The first-order chi connectivity index (χ1) is 15.9. The van der Waals surface area contributed by atoms with Crippen molar-refractivity contribution >= 4 is 15.9 Å². The number of allylic oxidation sites excluding steroid dienone is 1. The molecular formula is C23H21BrN4O5. The molecule has 0 amide bonds. The van der Waals surface area contributed by atoms with Crippen LogP contribution in [-0.4, -0.2) is 36.1 Å². The number of nitrogens with one attached hydrogen (secondary N) is 1. The van der Waals surface area contributed by atoms with E-state index in [1.807, 2.05) is 6.92 Å². The number of hydrogen-bond acceptors (Lipinski definition) is 8. The molecule has 0 radical (unpaired) electrons. The van der Waals surface area contributed by atoms with Crippen molar-refractivity contribution in [2.24, 2.45) is 5.73 Å². The number of hydrogen-bond donors (Lipinski definition) is 3. The molecule has 0 spiro atoms. The monoisotopic (exact) mass is 512 g/mol. The third-order valence-electron chi connectivity index (χ3n) is 5.30. The minimum absolute atomic E-state index is 0.0368. The Hall–Kier alpha value is -3.84. The molecular weight excluding hydrogens is 492 g/mol. The Morgan fingerprint density at radius 1 is 1.24 bits per heavy atom. The molecule has 0 bridgehead atoms. The fourth-order valence-electron chi connectivity index (χ4n) is 3.82. The molecule has 1 aliphatic rings. The minimum Gasteiger partial charge on any atom is -0.503 e. The summed E-state index contributed by atoms with van der Waals surface area (Å²) in [5, 5.41) is 27.6. The number of aromatic amines is 1. The van der Waals surface area contributed by atoms with Gasteiger partial charge in [-0.1, -0.05) is 0 Å². The molecule has 1 aliphatic heterocycles. The summed E-state index contributed by atoms with van der Waals surface area (Å²) in [6, 6.07) is 10.9. The van der Waals surface area contributed by atoms with Crippen LogP contribution in [0.3, 0.4) is 0 Å². The van der Waals surface area contributed by atoms with Crippen molar-refractivity contribution in [2.75, 3.05) is 20.8 Å². The smallest absolute Gasteiger partial charge is 0.244 e. The van der Waals surface area contributed by atoms with Crippen LogP contribution in [0.25, 0.3) is 11.3 Å². The first-order valence-electron chi connectivity index (χ1n) is 9.96. The zero-order valence-electron chi connectivity index (χ0n) is 18.1. The average Bonchev–Trinajstić information content (AvgIpc) is 3.23. The lowest BCUT2D eigenvalue weighted by atomic mass is 9.82. The van der Waals surface area contributed by atoms with Crippen LogP contribution in [-0.2, 0) is 0 Å². The maximum absolute atomic E-state index is 10.4. The molecule has 0 unspecified atom stereocenters. The van der Waals surface area contributed by atoms with E-state index in [4.69, 9.17) is 24.7 Å². The van der Waals surface area contributed by atoms with Gasteiger partial charge in [-0.2, -0.15) is 5.26 Å².